The van der Waals surface area contributed by atoms with Gasteiger partial charge in [-0.05, 0) is 24.6 Å². The Morgan fingerprint density at radius 2 is 2.33 bits per heavy atom. The minimum atomic E-state index is -0.872. The van der Waals surface area contributed by atoms with Crippen molar-refractivity contribution < 1.29 is 18.3 Å². The molecule has 3 N–H and O–H groups in total. The van der Waals surface area contributed by atoms with Crippen molar-refractivity contribution in [2.45, 2.75) is 18.9 Å². The first-order chi connectivity index (χ1) is 13.0. The van der Waals surface area contributed by atoms with Gasteiger partial charge in [-0.3, -0.25) is 4.79 Å². The number of amides is 1. The summed E-state index contributed by atoms with van der Waals surface area (Å²) in [7, 11) is 0. The number of carbonyl (C=O) groups is 1. The quantitative estimate of drug-likeness (QED) is 0.835. The van der Waals surface area contributed by atoms with E-state index in [4.69, 9.17) is 14.9 Å². The summed E-state index contributed by atoms with van der Waals surface area (Å²) in [5.41, 5.74) is 6.07. The number of nitrogens with two attached hydrogens (primary N) is 1. The highest BCUT2D eigenvalue weighted by atomic mass is 32.2. The molecule has 0 aliphatic carbocycles. The van der Waals surface area contributed by atoms with Crippen molar-refractivity contribution in [2.24, 2.45) is 16.6 Å². The molecule has 27 heavy (non-hydrogen) atoms. The summed E-state index contributed by atoms with van der Waals surface area (Å²) in [6, 6.07) is 4.44. The van der Waals surface area contributed by atoms with Crippen molar-refractivity contribution in [1.29, 1.82) is 0 Å². The molecule has 1 aromatic carbocycles. The molecule has 2 atom stereocenters. The van der Waals surface area contributed by atoms with Crippen LogP contribution in [-0.4, -0.2) is 35.0 Å². The number of thioether (sulfide) groups is 1. The fourth-order valence-electron chi connectivity index (χ4n) is 3.53. The van der Waals surface area contributed by atoms with Gasteiger partial charge in [0, 0.05) is 36.5 Å². The molecule has 2 unspecified atom stereocenters. The van der Waals surface area contributed by atoms with E-state index in [0.717, 1.165) is 12.2 Å². The molecule has 0 saturated carbocycles. The van der Waals surface area contributed by atoms with Crippen molar-refractivity contribution in [3.05, 3.63) is 47.4 Å². The zero-order valence-electron chi connectivity index (χ0n) is 14.7. The number of benzene rings is 1. The molecule has 0 bridgehead atoms. The number of nitrogens with zero attached hydrogens (tertiary/aromatic N) is 2. The van der Waals surface area contributed by atoms with E-state index < -0.39 is 17.3 Å². The zero-order chi connectivity index (χ0) is 19.0. The van der Waals surface area contributed by atoms with E-state index in [1.54, 1.807) is 13.0 Å². The zero-order valence-corrected chi connectivity index (χ0v) is 15.5. The minimum Gasteiger partial charge on any atom is -0.448 e. The second kappa shape index (κ2) is 6.97. The first-order valence-electron chi connectivity index (χ1n) is 8.57. The lowest BCUT2D eigenvalue weighted by molar-refractivity contribution is 0.00304. The number of nitrogens with one attached hydrogen (secondary N) is 1. The molecule has 1 saturated heterocycles. The molecule has 0 radical (unpaired) electrons. The largest absolute Gasteiger partial charge is 0.448 e. The van der Waals surface area contributed by atoms with Crippen LogP contribution in [0, 0.1) is 18.7 Å². The highest BCUT2D eigenvalue weighted by Gasteiger charge is 2.47. The van der Waals surface area contributed by atoms with Crippen LogP contribution in [0.2, 0.25) is 0 Å². The summed E-state index contributed by atoms with van der Waals surface area (Å²) in [6.07, 6.45) is 2.06. The molecule has 2 aliphatic rings. The molecular formula is C18H19FN4O3S. The van der Waals surface area contributed by atoms with Gasteiger partial charge in [-0.25, -0.2) is 14.4 Å². The fraction of sp³-hybridized carbons (Fsp3) is 0.389. The average Bonchev–Trinajstić information content (AvgIpc) is 3.09. The van der Waals surface area contributed by atoms with E-state index in [1.165, 1.54) is 30.2 Å². The number of halogens is 1. The highest BCUT2D eigenvalue weighted by Crippen LogP contribution is 2.45. The van der Waals surface area contributed by atoms with E-state index in [0.29, 0.717) is 28.9 Å². The van der Waals surface area contributed by atoms with Crippen molar-refractivity contribution >= 4 is 28.5 Å². The van der Waals surface area contributed by atoms with Gasteiger partial charge in [0.2, 0.25) is 0 Å². The maximum Gasteiger partial charge on any atom is 0.277 e. The van der Waals surface area contributed by atoms with Gasteiger partial charge in [-0.2, -0.15) is 0 Å². The monoisotopic (exact) mass is 390 g/mol. The van der Waals surface area contributed by atoms with Crippen molar-refractivity contribution in [2.75, 3.05) is 24.3 Å². The molecule has 1 aromatic heterocycles. The molecule has 9 heteroatoms. The Kier molecular flexibility index (Phi) is 4.65. The van der Waals surface area contributed by atoms with Gasteiger partial charge in [0.15, 0.2) is 16.8 Å². The minimum absolute atomic E-state index is 0.113. The van der Waals surface area contributed by atoms with Gasteiger partial charge in [-0.15, -0.1) is 0 Å². The number of aliphatic imine (C=N–C) groups is 1. The molecule has 1 fully saturated rings. The second-order valence-electron chi connectivity index (χ2n) is 6.62. The third-order valence-electron chi connectivity index (χ3n) is 4.89. The molecular weight excluding hydrogens is 371 g/mol. The maximum atomic E-state index is 14.8. The SMILES string of the molecule is Cc1nc(C(=O)Nc2ccc(F)c(C34COCCC3CSC(N)=N4)c2)co1. The van der Waals surface area contributed by atoms with Crippen LogP contribution in [0.5, 0.6) is 0 Å². The Labute approximate surface area is 159 Å². The lowest BCUT2D eigenvalue weighted by Crippen LogP contribution is -2.48. The standard InChI is InChI=1S/C18H19FN4O3S/c1-10-21-15(7-26-10)16(24)22-12-2-3-14(19)13(6-12)18-9-25-5-4-11(18)8-27-17(20)23-18/h2-3,6-7,11H,4-5,8-9H2,1H3,(H2,20,23)(H,22,24). The Morgan fingerprint density at radius 3 is 3.11 bits per heavy atom. The smallest absolute Gasteiger partial charge is 0.277 e. The van der Waals surface area contributed by atoms with Crippen LogP contribution in [0.1, 0.15) is 28.4 Å². The molecule has 2 aliphatic heterocycles. The number of aromatic nitrogens is 1. The number of ether oxygens (including phenoxy) is 1. The Morgan fingerprint density at radius 1 is 1.48 bits per heavy atom. The first kappa shape index (κ1) is 18.0. The number of anilines is 1. The normalized spacial score (nSPS) is 24.8. The van der Waals surface area contributed by atoms with Gasteiger partial charge in [0.25, 0.3) is 5.91 Å². The van der Waals surface area contributed by atoms with Crippen molar-refractivity contribution in [3.8, 4) is 0 Å². The maximum absolute atomic E-state index is 14.8. The topological polar surface area (TPSA) is 103 Å². The van der Waals surface area contributed by atoms with Crippen LogP contribution < -0.4 is 11.1 Å². The third kappa shape index (κ3) is 3.32. The van der Waals surface area contributed by atoms with Crippen LogP contribution in [0.3, 0.4) is 0 Å². The number of rotatable bonds is 3. The number of hydrogen-bond donors (Lipinski definition) is 2. The summed E-state index contributed by atoms with van der Waals surface area (Å²) < 4.78 is 25.5. The first-order valence-corrected chi connectivity index (χ1v) is 9.56. The van der Waals surface area contributed by atoms with Crippen LogP contribution in [0.15, 0.2) is 33.9 Å². The number of aryl methyl sites for hydroxylation is 1. The third-order valence-corrected chi connectivity index (χ3v) is 5.85. The summed E-state index contributed by atoms with van der Waals surface area (Å²) in [5.74, 6) is 0.435. The summed E-state index contributed by atoms with van der Waals surface area (Å²) >= 11 is 1.48. The summed E-state index contributed by atoms with van der Waals surface area (Å²) in [5, 5.41) is 3.15. The predicted molar refractivity (Wildman–Crippen MR) is 100 cm³/mol. The molecule has 0 spiro atoms. The lowest BCUT2D eigenvalue weighted by Gasteiger charge is -2.43. The van der Waals surface area contributed by atoms with E-state index in [9.17, 15) is 9.18 Å². The van der Waals surface area contributed by atoms with Crippen LogP contribution in [0.4, 0.5) is 10.1 Å². The lowest BCUT2D eigenvalue weighted by atomic mass is 9.76. The molecule has 2 aromatic rings. The molecule has 7 nitrogen and oxygen atoms in total. The van der Waals surface area contributed by atoms with Crippen molar-refractivity contribution in [3.63, 3.8) is 0 Å². The summed E-state index contributed by atoms with van der Waals surface area (Å²) in [4.78, 5) is 20.9. The van der Waals surface area contributed by atoms with Gasteiger partial charge in [-0.1, -0.05) is 11.8 Å². The van der Waals surface area contributed by atoms with E-state index >= 15 is 0 Å². The van der Waals surface area contributed by atoms with Gasteiger partial charge >= 0.3 is 0 Å². The van der Waals surface area contributed by atoms with Gasteiger partial charge in [0.1, 0.15) is 17.6 Å². The summed E-state index contributed by atoms with van der Waals surface area (Å²) in [6.45, 7) is 2.53. The van der Waals surface area contributed by atoms with Gasteiger partial charge in [0.05, 0.1) is 6.61 Å². The number of fused-ring (bicyclic) bond motifs is 1. The molecule has 1 amide bonds. The predicted octanol–water partition coefficient (Wildman–Crippen LogP) is 2.67. The van der Waals surface area contributed by atoms with Gasteiger partial charge < -0.3 is 20.2 Å². The second-order valence-corrected chi connectivity index (χ2v) is 7.66. The van der Waals surface area contributed by atoms with Crippen LogP contribution in [-0.2, 0) is 10.3 Å². The number of amidine groups is 1. The fourth-order valence-corrected chi connectivity index (χ4v) is 4.57. The molecule has 3 heterocycles. The van der Waals surface area contributed by atoms with E-state index in [2.05, 4.69) is 15.3 Å². The number of oxazole rings is 1. The van der Waals surface area contributed by atoms with E-state index in [-0.39, 0.29) is 18.2 Å². The average molecular weight is 390 g/mol. The van der Waals surface area contributed by atoms with Crippen LogP contribution >= 0.6 is 11.8 Å². The number of carbonyl (C=O) groups excluding carboxylic acids is 1. The number of hydrogen-bond acceptors (Lipinski definition) is 7. The Hall–Kier alpha value is -2.39. The molecule has 142 valence electrons. The van der Waals surface area contributed by atoms with Crippen LogP contribution in [0.25, 0.3) is 0 Å². The van der Waals surface area contributed by atoms with E-state index in [1.807, 2.05) is 0 Å². The molecule has 4 rings (SSSR count). The highest BCUT2D eigenvalue weighted by molar-refractivity contribution is 8.13. The Bertz CT molecular complexity index is 916. The van der Waals surface area contributed by atoms with Crippen molar-refractivity contribution in [1.82, 2.24) is 4.98 Å². The Balaban J connectivity index is 1.69.